The second kappa shape index (κ2) is 8.02. The van der Waals surface area contributed by atoms with E-state index in [1.54, 1.807) is 6.20 Å². The number of nitrogens with zero attached hydrogens (tertiary/aromatic N) is 5. The Hall–Kier alpha value is -3.00. The number of imidazole rings is 1. The molecule has 2 N–H and O–H groups in total. The molecule has 0 aliphatic carbocycles. The van der Waals surface area contributed by atoms with Crippen LogP contribution in [0.4, 0.5) is 5.82 Å². The maximum Gasteiger partial charge on any atom is 0.255 e. The summed E-state index contributed by atoms with van der Waals surface area (Å²) in [6, 6.07) is 6.07. The van der Waals surface area contributed by atoms with Crippen molar-refractivity contribution >= 4 is 22.9 Å². The average molecular weight is 406 g/mol. The largest absolute Gasteiger partial charge is 0.384 e. The first-order valence-corrected chi connectivity index (χ1v) is 10.6. The third kappa shape index (κ3) is 3.75. The van der Waals surface area contributed by atoms with Crippen LogP contribution in [0.5, 0.6) is 0 Å². The van der Waals surface area contributed by atoms with Crippen molar-refractivity contribution in [1.29, 1.82) is 0 Å². The Morgan fingerprint density at radius 2 is 2.00 bits per heavy atom. The predicted octanol–water partition coefficient (Wildman–Crippen LogP) is 2.46. The summed E-state index contributed by atoms with van der Waals surface area (Å²) in [6.45, 7) is 3.05. The van der Waals surface area contributed by atoms with Gasteiger partial charge in [0.2, 0.25) is 0 Å². The lowest BCUT2D eigenvalue weighted by Crippen LogP contribution is -2.29. The summed E-state index contributed by atoms with van der Waals surface area (Å²) < 4.78 is 7.58. The molecule has 5 heterocycles. The molecule has 3 aromatic heterocycles. The van der Waals surface area contributed by atoms with Crippen molar-refractivity contribution in [3.05, 3.63) is 48.0 Å². The molecule has 8 nitrogen and oxygen atoms in total. The fraction of sp³-hybridized carbons (Fsp3) is 0.455. The van der Waals surface area contributed by atoms with Crippen molar-refractivity contribution in [3.63, 3.8) is 0 Å². The van der Waals surface area contributed by atoms with E-state index in [4.69, 9.17) is 10.5 Å². The minimum absolute atomic E-state index is 0.0305. The Labute approximate surface area is 175 Å². The van der Waals surface area contributed by atoms with Gasteiger partial charge in [-0.1, -0.05) is 6.07 Å². The summed E-state index contributed by atoms with van der Waals surface area (Å²) in [5, 5.41) is 0. The molecule has 8 heteroatoms. The van der Waals surface area contributed by atoms with Gasteiger partial charge in [-0.05, 0) is 49.3 Å². The zero-order valence-corrected chi connectivity index (χ0v) is 16.9. The number of fused-ring (bicyclic) bond motifs is 1. The summed E-state index contributed by atoms with van der Waals surface area (Å²) in [5.74, 6) is 0.996. The lowest BCUT2D eigenvalue weighted by Gasteiger charge is -2.23. The highest BCUT2D eigenvalue weighted by atomic mass is 16.5. The van der Waals surface area contributed by atoms with Gasteiger partial charge in [0.1, 0.15) is 11.3 Å². The normalized spacial score (nSPS) is 20.1. The van der Waals surface area contributed by atoms with Crippen LogP contribution in [-0.2, 0) is 11.2 Å². The van der Waals surface area contributed by atoms with E-state index in [0.717, 1.165) is 68.7 Å². The molecule has 1 amide bonds. The van der Waals surface area contributed by atoms with Crippen LogP contribution in [0.25, 0.3) is 11.2 Å². The first-order chi connectivity index (χ1) is 14.7. The number of anilines is 1. The second-order valence-corrected chi connectivity index (χ2v) is 8.26. The van der Waals surface area contributed by atoms with Gasteiger partial charge in [-0.15, -0.1) is 0 Å². The Morgan fingerprint density at radius 3 is 2.80 bits per heavy atom. The highest BCUT2D eigenvalue weighted by Crippen LogP contribution is 2.26. The van der Waals surface area contributed by atoms with Crippen molar-refractivity contribution in [3.8, 4) is 0 Å². The van der Waals surface area contributed by atoms with Crippen LogP contribution >= 0.6 is 0 Å². The van der Waals surface area contributed by atoms with Gasteiger partial charge in [-0.3, -0.25) is 4.79 Å². The molecule has 156 valence electrons. The Bertz CT molecular complexity index is 1040. The molecule has 2 aliphatic heterocycles. The van der Waals surface area contributed by atoms with E-state index in [0.29, 0.717) is 23.3 Å². The lowest BCUT2D eigenvalue weighted by atomic mass is 10.00. The SMILES string of the molecule is Nc1ccc(CC2CCN(C(=O)c3cnc4c(c3)ncn4C3CCOCC3)C2)cn1. The molecule has 2 saturated heterocycles. The van der Waals surface area contributed by atoms with E-state index in [1.807, 2.05) is 35.6 Å². The van der Waals surface area contributed by atoms with Crippen LogP contribution in [0.1, 0.15) is 41.2 Å². The summed E-state index contributed by atoms with van der Waals surface area (Å²) in [4.78, 5) is 28.2. The number of ether oxygens (including phenoxy) is 1. The number of nitrogens with two attached hydrogens (primary N) is 1. The molecule has 0 spiro atoms. The van der Waals surface area contributed by atoms with Crippen molar-refractivity contribution in [2.24, 2.45) is 5.92 Å². The van der Waals surface area contributed by atoms with E-state index < -0.39 is 0 Å². The first-order valence-electron chi connectivity index (χ1n) is 10.6. The molecular weight excluding hydrogens is 380 g/mol. The van der Waals surface area contributed by atoms with Crippen LogP contribution in [0.3, 0.4) is 0 Å². The van der Waals surface area contributed by atoms with Crippen molar-refractivity contribution in [1.82, 2.24) is 24.4 Å². The van der Waals surface area contributed by atoms with Crippen molar-refractivity contribution in [2.75, 3.05) is 32.0 Å². The lowest BCUT2D eigenvalue weighted by molar-refractivity contribution is 0.0704. The number of hydrogen-bond acceptors (Lipinski definition) is 6. The van der Waals surface area contributed by atoms with E-state index in [-0.39, 0.29) is 5.91 Å². The molecule has 2 fully saturated rings. The maximum atomic E-state index is 13.0. The minimum atomic E-state index is 0.0305. The number of aromatic nitrogens is 4. The van der Waals surface area contributed by atoms with Crippen LogP contribution in [0, 0.1) is 5.92 Å². The minimum Gasteiger partial charge on any atom is -0.384 e. The number of amides is 1. The van der Waals surface area contributed by atoms with E-state index in [2.05, 4.69) is 19.5 Å². The zero-order valence-electron chi connectivity index (χ0n) is 16.9. The highest BCUT2D eigenvalue weighted by Gasteiger charge is 2.28. The van der Waals surface area contributed by atoms with Crippen LogP contribution in [0.2, 0.25) is 0 Å². The van der Waals surface area contributed by atoms with Gasteiger partial charge in [0.15, 0.2) is 5.65 Å². The molecule has 0 bridgehead atoms. The Morgan fingerprint density at radius 1 is 1.13 bits per heavy atom. The zero-order chi connectivity index (χ0) is 20.5. The summed E-state index contributed by atoms with van der Waals surface area (Å²) >= 11 is 0. The molecule has 1 atom stereocenters. The summed E-state index contributed by atoms with van der Waals surface area (Å²) in [6.07, 6.45) is 9.19. The number of rotatable bonds is 4. The predicted molar refractivity (Wildman–Crippen MR) is 113 cm³/mol. The van der Waals surface area contributed by atoms with Crippen molar-refractivity contribution in [2.45, 2.75) is 31.7 Å². The van der Waals surface area contributed by atoms with Crippen LogP contribution < -0.4 is 5.73 Å². The fourth-order valence-electron chi connectivity index (χ4n) is 4.52. The molecule has 5 rings (SSSR count). The molecule has 3 aromatic rings. The van der Waals surface area contributed by atoms with Gasteiger partial charge in [0, 0.05) is 44.7 Å². The van der Waals surface area contributed by atoms with Crippen LogP contribution in [0.15, 0.2) is 36.9 Å². The highest BCUT2D eigenvalue weighted by molar-refractivity contribution is 5.96. The first kappa shape index (κ1) is 19.0. The molecule has 0 aromatic carbocycles. The Kier molecular flexibility index (Phi) is 5.08. The maximum absolute atomic E-state index is 13.0. The molecule has 2 aliphatic rings. The third-order valence-corrected chi connectivity index (χ3v) is 6.19. The summed E-state index contributed by atoms with van der Waals surface area (Å²) in [5.41, 5.74) is 9.04. The quantitative estimate of drug-likeness (QED) is 0.715. The number of likely N-dealkylation sites (tertiary alicyclic amines) is 1. The van der Waals surface area contributed by atoms with Gasteiger partial charge < -0.3 is 19.9 Å². The van der Waals surface area contributed by atoms with Gasteiger partial charge in [0.25, 0.3) is 5.91 Å². The van der Waals surface area contributed by atoms with Gasteiger partial charge >= 0.3 is 0 Å². The fourth-order valence-corrected chi connectivity index (χ4v) is 4.52. The molecule has 0 saturated carbocycles. The third-order valence-electron chi connectivity index (χ3n) is 6.19. The number of carbonyl (C=O) groups excluding carboxylic acids is 1. The summed E-state index contributed by atoms with van der Waals surface area (Å²) in [7, 11) is 0. The van der Waals surface area contributed by atoms with E-state index in [9.17, 15) is 4.79 Å². The molecule has 0 radical (unpaired) electrons. The molecule has 1 unspecified atom stereocenters. The molecule has 30 heavy (non-hydrogen) atoms. The number of pyridine rings is 2. The monoisotopic (exact) mass is 406 g/mol. The average Bonchev–Trinajstić information content (AvgIpc) is 3.42. The van der Waals surface area contributed by atoms with Gasteiger partial charge in [-0.25, -0.2) is 15.0 Å². The number of hydrogen-bond donors (Lipinski definition) is 1. The van der Waals surface area contributed by atoms with E-state index >= 15 is 0 Å². The molecular formula is C22H26N6O2. The smallest absolute Gasteiger partial charge is 0.255 e. The standard InChI is InChI=1S/C22H26N6O2/c23-20-2-1-15(11-24-20)9-16-3-6-27(13-16)22(29)17-10-19-21(25-12-17)28(14-26-19)18-4-7-30-8-5-18/h1-2,10-12,14,16,18H,3-9,13H2,(H2,23,24). The van der Waals surface area contributed by atoms with Crippen LogP contribution in [-0.4, -0.2) is 56.6 Å². The Balaban J connectivity index is 1.27. The topological polar surface area (TPSA) is 99.2 Å². The van der Waals surface area contributed by atoms with Crippen molar-refractivity contribution < 1.29 is 9.53 Å². The number of nitrogen functional groups attached to an aromatic ring is 1. The number of carbonyl (C=O) groups is 1. The van der Waals surface area contributed by atoms with E-state index in [1.165, 1.54) is 0 Å². The van der Waals surface area contributed by atoms with Gasteiger partial charge in [-0.2, -0.15) is 0 Å². The second-order valence-electron chi connectivity index (χ2n) is 8.26. The van der Waals surface area contributed by atoms with Gasteiger partial charge in [0.05, 0.1) is 11.9 Å².